The van der Waals surface area contributed by atoms with E-state index in [4.69, 9.17) is 61.4 Å². The quantitative estimate of drug-likeness (QED) is 0.129. The minimum absolute atomic E-state index is 0.0570. The van der Waals surface area contributed by atoms with Gasteiger partial charge in [-0.3, -0.25) is 19.2 Å². The van der Waals surface area contributed by atoms with E-state index < -0.39 is 288 Å². The van der Waals surface area contributed by atoms with Crippen molar-refractivity contribution in [2.24, 2.45) is 41.3 Å². The van der Waals surface area contributed by atoms with Crippen molar-refractivity contribution in [2.45, 2.75) is 180 Å². The average Bonchev–Trinajstić information content (AvgIpc) is 0.640. The number of piperidine rings is 1. The number of esters is 1. The van der Waals surface area contributed by atoms with Crippen molar-refractivity contribution in [1.29, 1.82) is 0 Å². The van der Waals surface area contributed by atoms with Crippen molar-refractivity contribution in [3.8, 4) is 0 Å². The van der Waals surface area contributed by atoms with Crippen molar-refractivity contribution in [2.75, 3.05) is 40.9 Å². The van der Waals surface area contributed by atoms with E-state index in [-0.39, 0.29) is 55.8 Å². The van der Waals surface area contributed by atoms with Crippen LogP contribution in [0.25, 0.3) is 0 Å². The van der Waals surface area contributed by atoms with Crippen LogP contribution >= 0.6 is 0 Å². The molecule has 2 saturated heterocycles. The van der Waals surface area contributed by atoms with Gasteiger partial charge in [-0.05, 0) is 106 Å². The molecule has 1 aliphatic carbocycles. The number of carbonyl (C=O) groups excluding carboxylic acids is 5. The number of amides is 1. The summed E-state index contributed by atoms with van der Waals surface area (Å²) < 4.78 is 525. The Balaban J connectivity index is 2.69. The van der Waals surface area contributed by atoms with Gasteiger partial charge in [-0.25, -0.2) is 4.79 Å². The van der Waals surface area contributed by atoms with Gasteiger partial charge >= 0.3 is 5.97 Å². The predicted octanol–water partition coefficient (Wildman–Crippen LogP) is 6.44. The van der Waals surface area contributed by atoms with Crippen LogP contribution in [0.2, 0.25) is 0 Å². The monoisotopic (exact) mass is 1030 g/mol. The Morgan fingerprint density at radius 1 is 0.986 bits per heavy atom. The highest BCUT2D eigenvalue weighted by Crippen LogP contribution is 2.38. The maximum atomic E-state index is 16.2. The van der Waals surface area contributed by atoms with Crippen molar-refractivity contribution in [3.63, 3.8) is 0 Å². The molecule has 0 aromatic heterocycles. The molecular weight excluding hydrogens is 887 g/mol. The number of fused-ring (bicyclic) bond motifs is 3. The van der Waals surface area contributed by atoms with Gasteiger partial charge in [0.2, 0.25) is 5.79 Å². The first kappa shape index (κ1) is 17.9. The number of rotatable bonds is 9. The van der Waals surface area contributed by atoms with Gasteiger partial charge < -0.3 is 48.6 Å². The first-order chi connectivity index (χ1) is 53.4. The highest BCUT2D eigenvalue weighted by molar-refractivity contribution is 6.39. The van der Waals surface area contributed by atoms with E-state index in [0.29, 0.717) is 0 Å². The fraction of sp³-hybridized carbons (Fsp3) is 0.759. The molecule has 0 spiro atoms. The van der Waals surface area contributed by atoms with Crippen molar-refractivity contribution in [1.82, 2.24) is 4.90 Å². The number of nitrogens with zero attached hydrogens (tertiary/aromatic N) is 1. The van der Waals surface area contributed by atoms with E-state index >= 15 is 24.0 Å². The first-order valence-corrected chi connectivity index (χ1v) is 19.2. The van der Waals surface area contributed by atoms with Gasteiger partial charge in [0.05, 0.1) is 66.2 Å². The van der Waals surface area contributed by atoms with E-state index in [2.05, 4.69) is 9.47 Å². The van der Waals surface area contributed by atoms with Crippen LogP contribution in [-0.2, 0) is 52.4 Å². The number of carbonyl (C=O) groups is 5. The summed E-state index contributed by atoms with van der Waals surface area (Å²) in [4.78, 5) is 76.5. The van der Waals surface area contributed by atoms with Crippen LogP contribution in [0, 0.1) is 41.3 Å². The summed E-state index contributed by atoms with van der Waals surface area (Å²) in [5, 5.41) is 35.2. The number of hydrogen-bond donors (Lipinski definition) is 3. The van der Waals surface area contributed by atoms with Crippen molar-refractivity contribution >= 4 is 29.2 Å². The van der Waals surface area contributed by atoms with Crippen molar-refractivity contribution < 1.29 is 143 Å². The zero-order valence-electron chi connectivity index (χ0n) is 92.8. The Morgan fingerprint density at radius 2 is 1.74 bits per heavy atom. The summed E-state index contributed by atoms with van der Waals surface area (Å²) in [5.74, 6) is -56.6. The first-order valence-electron chi connectivity index (χ1n) is 46.7. The van der Waals surface area contributed by atoms with Gasteiger partial charge in [0.15, 0.2) is 5.78 Å². The molecule has 3 heterocycles. The lowest BCUT2D eigenvalue weighted by molar-refractivity contribution is -0.265. The van der Waals surface area contributed by atoms with E-state index in [1.165, 1.54) is 0 Å². The average molecular weight is 1030 g/mol. The van der Waals surface area contributed by atoms with Crippen LogP contribution in [0.3, 0.4) is 0 Å². The predicted molar refractivity (Wildman–Crippen MR) is 261 cm³/mol. The molecule has 0 radical (unpaired) electrons. The number of ether oxygens (including phenoxy) is 6. The summed E-state index contributed by atoms with van der Waals surface area (Å²) in [5.41, 5.74) is -4.95. The molecule has 16 atom stereocenters. The maximum absolute atomic E-state index is 16.2. The minimum Gasteiger partial charge on any atom is -0.460 e. The molecule has 15 heteroatoms. The largest absolute Gasteiger partial charge is 0.460 e. The molecule has 390 valence electrons. The molecular formula is C54H85NO14. The minimum atomic E-state index is -6.28. The van der Waals surface area contributed by atoms with Crippen LogP contribution in [0.5, 0.6) is 0 Å². The molecule has 1 saturated carbocycles. The zero-order valence-corrected chi connectivity index (χ0v) is 37.8. The van der Waals surface area contributed by atoms with Gasteiger partial charge in [0, 0.05) is 105 Å². The second kappa shape index (κ2) is 27.4. The third kappa shape index (κ3) is 15.3. The highest BCUT2D eigenvalue weighted by Gasteiger charge is 2.53. The lowest BCUT2D eigenvalue weighted by Gasteiger charge is -2.42. The van der Waals surface area contributed by atoms with Crippen LogP contribution < -0.4 is 0 Å². The van der Waals surface area contributed by atoms with E-state index in [1.54, 1.807) is 0 Å². The SMILES string of the molecule is [2H]C1=C([2H])C([2H])=C(C([2H])([2H])[2H])[C@@]([2H])(OC([2H])([2H])[2H])C([2H])([2H])[C@@]2([2H])O[C@@](O)(C(=O)C(=O)N3C([2H])([2H])C([2H])([2H])C([2H])([2H])C([2H])([2H])[C@@]3([2H])C(=O)O[C@]([2H])([C@]([2H])(C)C([2H])([2H])[C@]3([2H])C([2H])([2H])C([2H])([2H])[C@@]([2H])(OC([2H])([2H])C([2H])([2H])O)[C@]([2H])(OC)C3([2H])[2H])C([2H])([2H])C(=O)[C@]([2H])(C)/C([2H])=C(\C)[C@@]([2H])(O)[C@@]([2H])(OC)C(=O)[C@]([2H])(C)C([2H])(C)[C@]([2H])(C)C([2H])=C1[2H])[C@]([2H])(C)C([2H])([2H])C2([2H])[2H]. The van der Waals surface area contributed by atoms with Gasteiger partial charge in [-0.2, -0.15) is 0 Å². The number of ketones is 3. The van der Waals surface area contributed by atoms with Gasteiger partial charge in [-0.15, -0.1) is 0 Å². The summed E-state index contributed by atoms with van der Waals surface area (Å²) in [6, 6.07) is -20.0. The van der Waals surface area contributed by atoms with Crippen molar-refractivity contribution in [3.05, 3.63) is 47.5 Å². The Kier molecular flexibility index (Phi) is 7.12. The highest BCUT2D eigenvalue weighted by atomic mass is 16.6. The van der Waals surface area contributed by atoms with Gasteiger partial charge in [0.25, 0.3) is 11.7 Å². The molecule has 3 aliphatic heterocycles. The standard InChI is InChI=1S/C54H85NO14/c1-32-17-13-12-14-18-33(2)45(64-9)30-41-22-20-37(6)54(63,69-41)51(60)52(61)55-24-16-15-19-42(55)53(62)68-46(35(4)28-40-21-23-44(67-26-25-56)47(29-40)65-10)31-43(57)34(3)27-36(5)48(58)50(66-11)49(59)39(8)38(32)7/h12-14,17-18,27,32,34-35,37-42,44-48,50,56,58,63H,15-16,19-26,28-31H2,1-11H3/b14-12?,17-13?,33-18?,36-27+/t32-,34-,35-,37-,38?,39-,40+,41+,42+,44-,45+,46+,47-,48-,50-,54-/m1/s1/i2D3,9D3,12D,13D,14D,15D2,16D2,17D,18D,19D2,20D2,21D2,22D2,23D2,24D2,25D2,26D2,27D,28D2,29D2,30D2,31D2,32D,34D,35D,37D,38D,39D,40D,41D,42D,44D,45D,46D,47D,48D,50D. The summed E-state index contributed by atoms with van der Waals surface area (Å²) in [7, 11) is -4.70. The van der Waals surface area contributed by atoms with E-state index in [1.807, 2.05) is 0 Å². The summed E-state index contributed by atoms with van der Waals surface area (Å²) >= 11 is 0. The lowest BCUT2D eigenvalue weighted by Crippen LogP contribution is -2.61. The molecule has 69 heavy (non-hydrogen) atoms. The number of aliphatic hydroxyl groups is 3. The molecule has 3 N–H and O–H groups in total. The topological polar surface area (TPSA) is 205 Å². The van der Waals surface area contributed by atoms with Gasteiger partial charge in [0.1, 0.15) is 30.0 Å². The Morgan fingerprint density at radius 3 is 2.42 bits per heavy atom. The Labute approximate surface area is 488 Å². The smallest absolute Gasteiger partial charge is 0.329 e. The number of Topliss-reactive ketones (excluding diaryl/α,β-unsaturated/α-hetero) is 3. The van der Waals surface area contributed by atoms with E-state index in [0.717, 1.165) is 0 Å². The van der Waals surface area contributed by atoms with Crippen LogP contribution in [0.1, 0.15) is 201 Å². The number of hydrogen-bond acceptors (Lipinski definition) is 14. The second-order valence-electron chi connectivity index (χ2n) is 13.6. The Hall–Kier alpha value is -3.41. The van der Waals surface area contributed by atoms with Crippen LogP contribution in [-0.4, -0.2) is 145 Å². The molecule has 1 unspecified atom stereocenters. The molecule has 3 fully saturated rings. The normalized spacial score (nSPS) is 75.4. The number of methoxy groups -OCH3 is 3. The molecule has 0 aromatic carbocycles. The third-order valence-electron chi connectivity index (χ3n) is 9.16. The molecule has 0 aromatic rings. The Bertz CT molecular complexity index is 4480. The molecule has 15 nitrogen and oxygen atoms in total. The fourth-order valence-corrected chi connectivity index (χ4v) is 5.22. The molecule has 2 bridgehead atoms. The third-order valence-corrected chi connectivity index (χ3v) is 9.16. The second-order valence-corrected chi connectivity index (χ2v) is 13.6. The zero-order chi connectivity index (χ0) is 100. The lowest BCUT2D eigenvalue weighted by atomic mass is 9.78. The number of cyclic esters (lactones) is 1. The van der Waals surface area contributed by atoms with Crippen LogP contribution in [0.15, 0.2) is 47.5 Å². The molecule has 4 aliphatic rings. The van der Waals surface area contributed by atoms with E-state index in [9.17, 15) is 48.2 Å². The van der Waals surface area contributed by atoms with Crippen LogP contribution in [0.4, 0.5) is 0 Å². The summed E-state index contributed by atoms with van der Waals surface area (Å²) in [6.45, 7) is -20.4. The molecule has 1 amide bonds. The van der Waals surface area contributed by atoms with Gasteiger partial charge in [-0.1, -0.05) is 77.9 Å². The molecule has 4 rings (SSSR count). The fourth-order valence-electron chi connectivity index (χ4n) is 5.22. The summed E-state index contributed by atoms with van der Waals surface area (Å²) in [6.07, 6.45) is -99.1. The maximum Gasteiger partial charge on any atom is 0.329 e. The number of allylic oxidation sites excluding steroid dienone is 6.